The van der Waals surface area contributed by atoms with Crippen molar-refractivity contribution in [3.63, 3.8) is 0 Å². The number of aromatic nitrogens is 1. The van der Waals surface area contributed by atoms with Crippen LogP contribution < -0.4 is 4.57 Å². The third kappa shape index (κ3) is 2.70. The van der Waals surface area contributed by atoms with E-state index in [1.165, 1.54) is 42.1 Å². The van der Waals surface area contributed by atoms with Gasteiger partial charge in [0.05, 0.1) is 0 Å². The summed E-state index contributed by atoms with van der Waals surface area (Å²) in [6.07, 6.45) is 1.22. The van der Waals surface area contributed by atoms with E-state index in [2.05, 4.69) is 0 Å². The molecule has 0 amide bonds. The van der Waals surface area contributed by atoms with Crippen molar-refractivity contribution < 1.29 is 22.4 Å². The Morgan fingerprint density at radius 2 is 1.84 bits per heavy atom. The van der Waals surface area contributed by atoms with Gasteiger partial charge >= 0.3 is 0 Å². The van der Waals surface area contributed by atoms with E-state index in [9.17, 15) is 0 Å². The summed E-state index contributed by atoms with van der Waals surface area (Å²) in [6.45, 7) is -9.99. The maximum absolute atomic E-state index is 8.32. The van der Waals surface area contributed by atoms with Crippen LogP contribution in [0.5, 0.6) is 0 Å². The van der Waals surface area contributed by atoms with Gasteiger partial charge in [-0.05, 0) is 55.3 Å². The molecule has 0 unspecified atom stereocenters. The molecule has 1 nitrogen and oxygen atoms in total. The lowest BCUT2D eigenvalue weighted by Crippen LogP contribution is -2.31. The summed E-state index contributed by atoms with van der Waals surface area (Å²) in [5.74, 6) is -2.87. The van der Waals surface area contributed by atoms with Gasteiger partial charge in [0.2, 0.25) is 5.69 Å². The molecule has 19 heavy (non-hydrogen) atoms. The molecule has 2 aromatic rings. The van der Waals surface area contributed by atoms with Gasteiger partial charge in [-0.25, -0.2) is 4.57 Å². The minimum atomic E-state index is -3.14. The van der Waals surface area contributed by atoms with Gasteiger partial charge < -0.3 is 0 Å². The zero-order chi connectivity index (χ0) is 25.1. The van der Waals surface area contributed by atoms with E-state index in [0.717, 1.165) is 0 Å². The summed E-state index contributed by atoms with van der Waals surface area (Å²) >= 11 is 0. The zero-order valence-corrected chi connectivity index (χ0v) is 10.8. The summed E-state index contributed by atoms with van der Waals surface area (Å²) in [4.78, 5) is 0. The molecule has 0 radical (unpaired) electrons. The molecule has 0 aliphatic rings. The molecular formula is C18H24N+. The van der Waals surface area contributed by atoms with E-state index in [0.29, 0.717) is 16.8 Å². The molecule has 0 bridgehead atoms. The van der Waals surface area contributed by atoms with E-state index >= 15 is 0 Å². The van der Waals surface area contributed by atoms with E-state index in [4.69, 9.17) is 17.8 Å². The highest BCUT2D eigenvalue weighted by molar-refractivity contribution is 5.63. The van der Waals surface area contributed by atoms with Gasteiger partial charge in [0.1, 0.15) is 7.05 Å². The van der Waals surface area contributed by atoms with Crippen LogP contribution in [0, 0.1) is 20.6 Å². The highest BCUT2D eigenvalue weighted by atomic mass is 14.9. The Morgan fingerprint density at radius 1 is 1.11 bits per heavy atom. The third-order valence-corrected chi connectivity index (χ3v) is 3.06. The Hall–Kier alpha value is -1.63. The zero-order valence-electron chi connectivity index (χ0n) is 23.8. The number of benzene rings is 1. The van der Waals surface area contributed by atoms with Crippen molar-refractivity contribution in [3.05, 3.63) is 52.7 Å². The second-order valence-corrected chi connectivity index (χ2v) is 4.50. The summed E-state index contributed by atoms with van der Waals surface area (Å²) in [6, 6.07) is 5.17. The Balaban J connectivity index is 2.77. The van der Waals surface area contributed by atoms with Crippen LogP contribution in [0.15, 0.2) is 30.5 Å². The lowest BCUT2D eigenvalue weighted by atomic mass is 9.97. The smallest absolute Gasteiger partial charge is 0.201 e. The lowest BCUT2D eigenvalue weighted by Gasteiger charge is -2.10. The first-order chi connectivity index (χ1) is 14.1. The van der Waals surface area contributed by atoms with E-state index < -0.39 is 33.3 Å². The molecule has 100 valence electrons. The van der Waals surface area contributed by atoms with Gasteiger partial charge in [-0.2, -0.15) is 0 Å². The fraction of sp³-hybridized carbons (Fsp3) is 0.389. The van der Waals surface area contributed by atoms with Crippen molar-refractivity contribution in [2.24, 2.45) is 7.05 Å². The van der Waals surface area contributed by atoms with Crippen LogP contribution >= 0.6 is 0 Å². The average Bonchev–Trinajstić information content (AvgIpc) is 2.57. The van der Waals surface area contributed by atoms with Gasteiger partial charge in [0.25, 0.3) is 0 Å². The minimum absolute atomic E-state index is 0.253. The third-order valence-electron chi connectivity index (χ3n) is 3.06. The topological polar surface area (TPSA) is 3.88 Å². The SMILES string of the molecule is [2H]C([2H])([2H])c1cc(C)c(-c2ccc(C([2H])(C([2H])([2H])[2H])C([2H])([2H])[2H])c[n+]2C)cc1C([2H])([2H])[2H]. The Kier molecular flexibility index (Phi) is 1.29. The Labute approximate surface area is 135 Å². The highest BCUT2D eigenvalue weighted by Crippen LogP contribution is 2.25. The number of rotatable bonds is 2. The Bertz CT molecular complexity index is 996. The molecule has 0 spiro atoms. The van der Waals surface area contributed by atoms with Gasteiger partial charge in [-0.3, -0.25) is 0 Å². The molecule has 1 aromatic heterocycles. The van der Waals surface area contributed by atoms with Crippen molar-refractivity contribution in [2.75, 3.05) is 0 Å². The summed E-state index contributed by atoms with van der Waals surface area (Å²) in [7, 11) is 1.50. The number of hydrogen-bond donors (Lipinski definition) is 0. The second-order valence-electron chi connectivity index (χ2n) is 4.50. The Morgan fingerprint density at radius 3 is 2.47 bits per heavy atom. The minimum Gasteiger partial charge on any atom is -0.201 e. The molecule has 0 atom stereocenters. The van der Waals surface area contributed by atoms with Crippen molar-refractivity contribution in [3.8, 4) is 11.3 Å². The van der Waals surface area contributed by atoms with Crippen LogP contribution in [0.25, 0.3) is 11.3 Å². The van der Waals surface area contributed by atoms with Crippen molar-refractivity contribution >= 4 is 0 Å². The van der Waals surface area contributed by atoms with E-state index in [1.54, 1.807) is 6.92 Å². The molecule has 1 aromatic carbocycles. The van der Waals surface area contributed by atoms with Crippen molar-refractivity contribution in [1.29, 1.82) is 0 Å². The summed E-state index contributed by atoms with van der Waals surface area (Å²) < 4.78 is 102. The van der Waals surface area contributed by atoms with Gasteiger partial charge in [-0.1, -0.05) is 19.8 Å². The van der Waals surface area contributed by atoms with Gasteiger partial charge in [0.15, 0.2) is 6.20 Å². The number of pyridine rings is 1. The van der Waals surface area contributed by atoms with Crippen LogP contribution in [-0.4, -0.2) is 0 Å². The van der Waals surface area contributed by atoms with E-state index in [1.807, 2.05) is 0 Å². The number of hydrogen-bond acceptors (Lipinski definition) is 0. The normalized spacial score (nSPS) is 24.4. The molecule has 1 heteroatoms. The molecule has 0 fully saturated rings. The molecule has 0 N–H and O–H groups in total. The molecule has 0 saturated heterocycles. The van der Waals surface area contributed by atoms with E-state index in [-0.39, 0.29) is 16.7 Å². The molecule has 0 saturated carbocycles. The van der Waals surface area contributed by atoms with Crippen molar-refractivity contribution in [2.45, 2.75) is 40.2 Å². The van der Waals surface area contributed by atoms with Crippen molar-refractivity contribution in [1.82, 2.24) is 0 Å². The van der Waals surface area contributed by atoms with Crippen LogP contribution in [0.2, 0.25) is 0 Å². The standard InChI is InChI=1S/C18H24N/c1-12(2)16-7-8-18(19(6)11-16)17-10-14(4)13(3)9-15(17)5/h7-12H,1-6H3/q+1/i1D3,2D3,3D3,4D3,12D. The molecule has 0 aliphatic heterocycles. The quantitative estimate of drug-likeness (QED) is 0.717. The summed E-state index contributed by atoms with van der Waals surface area (Å²) in [5, 5.41) is 0. The summed E-state index contributed by atoms with van der Waals surface area (Å²) in [5.41, 5.74) is 0.381. The van der Waals surface area contributed by atoms with Gasteiger partial charge in [0, 0.05) is 35.0 Å². The molecular weight excluding hydrogens is 230 g/mol. The van der Waals surface area contributed by atoms with Gasteiger partial charge in [-0.15, -0.1) is 0 Å². The van der Waals surface area contributed by atoms with Crippen LogP contribution in [-0.2, 0) is 7.05 Å². The monoisotopic (exact) mass is 267 g/mol. The first-order valence-electron chi connectivity index (χ1n) is 12.3. The largest absolute Gasteiger partial charge is 0.212 e. The van der Waals surface area contributed by atoms with Crippen LogP contribution in [0.4, 0.5) is 0 Å². The second kappa shape index (κ2) is 5.16. The molecule has 0 aliphatic carbocycles. The first-order valence-corrected chi connectivity index (χ1v) is 5.78. The maximum Gasteiger partial charge on any atom is 0.212 e. The predicted molar refractivity (Wildman–Crippen MR) is 81.4 cm³/mol. The number of nitrogens with zero attached hydrogens (tertiary/aromatic N) is 1. The molecule has 1 heterocycles. The fourth-order valence-corrected chi connectivity index (χ4v) is 2.02. The predicted octanol–water partition coefficient (Wildman–Crippen LogP) is 4.23. The first kappa shape index (κ1) is 4.73. The fourth-order valence-electron chi connectivity index (χ4n) is 2.02. The highest BCUT2D eigenvalue weighted by Gasteiger charge is 2.15. The lowest BCUT2D eigenvalue weighted by molar-refractivity contribution is -0.660. The number of aryl methyl sites for hydroxylation is 4. The average molecular weight is 267 g/mol. The van der Waals surface area contributed by atoms with Crippen LogP contribution in [0.1, 0.15) is 59.7 Å². The maximum atomic E-state index is 8.32. The van der Waals surface area contributed by atoms with Crippen LogP contribution in [0.3, 0.4) is 0 Å². The molecule has 2 rings (SSSR count).